The van der Waals surface area contributed by atoms with E-state index in [0.717, 1.165) is 69.5 Å². The largest absolute Gasteiger partial charge is 0.369 e. The van der Waals surface area contributed by atoms with Gasteiger partial charge < -0.3 is 15.5 Å². The van der Waals surface area contributed by atoms with Crippen LogP contribution in [0.2, 0.25) is 0 Å². The van der Waals surface area contributed by atoms with Crippen LogP contribution >= 0.6 is 0 Å². The van der Waals surface area contributed by atoms with Crippen molar-refractivity contribution in [2.45, 2.75) is 64.5 Å². The lowest BCUT2D eigenvalue weighted by Crippen LogP contribution is -2.48. The summed E-state index contributed by atoms with van der Waals surface area (Å²) in [4.78, 5) is 41.6. The third kappa shape index (κ3) is 5.31. The van der Waals surface area contributed by atoms with Crippen LogP contribution in [-0.4, -0.2) is 71.5 Å². The third-order valence-corrected chi connectivity index (χ3v) is 7.61. The number of hydrogen-bond donors (Lipinski definition) is 2. The van der Waals surface area contributed by atoms with E-state index >= 15 is 0 Å². The molecule has 36 heavy (non-hydrogen) atoms. The van der Waals surface area contributed by atoms with E-state index in [1.807, 2.05) is 12.1 Å². The minimum atomic E-state index is -0.548. The van der Waals surface area contributed by atoms with Gasteiger partial charge in [0.05, 0.1) is 0 Å². The first-order valence-electron chi connectivity index (χ1n) is 13.3. The van der Waals surface area contributed by atoms with Crippen LogP contribution in [0.5, 0.6) is 0 Å². The van der Waals surface area contributed by atoms with Gasteiger partial charge in [0.2, 0.25) is 5.95 Å². The monoisotopic (exact) mass is 491 g/mol. The maximum Gasteiger partial charge on any atom is 0.317 e. The zero-order chi connectivity index (χ0) is 25.1. The Balaban J connectivity index is 1.34. The number of carbonyl (C=O) groups is 2. The molecule has 0 spiro atoms. The lowest BCUT2D eigenvalue weighted by Gasteiger charge is -2.38. The summed E-state index contributed by atoms with van der Waals surface area (Å²) in [7, 11) is 0. The highest BCUT2D eigenvalue weighted by molar-refractivity contribution is 6.40. The molecular weight excluding hydrogens is 454 g/mol. The molecule has 2 fully saturated rings. The zero-order valence-corrected chi connectivity index (χ0v) is 21.4. The Morgan fingerprint density at radius 2 is 1.72 bits per heavy atom. The number of aryl methyl sites for hydroxylation is 1. The van der Waals surface area contributed by atoms with Gasteiger partial charge in [0.1, 0.15) is 5.82 Å². The van der Waals surface area contributed by atoms with Gasteiger partial charge in [-0.1, -0.05) is 12.8 Å². The van der Waals surface area contributed by atoms with E-state index in [1.165, 1.54) is 5.69 Å². The molecule has 1 saturated carbocycles. The molecule has 9 nitrogen and oxygen atoms in total. The Hall–Kier alpha value is -3.20. The van der Waals surface area contributed by atoms with Crippen molar-refractivity contribution < 1.29 is 9.59 Å². The Morgan fingerprint density at radius 3 is 2.42 bits per heavy atom. The number of benzene rings is 1. The molecule has 1 aliphatic carbocycles. The van der Waals surface area contributed by atoms with E-state index in [4.69, 9.17) is 4.98 Å². The average Bonchev–Trinajstić information content (AvgIpc) is 3.43. The molecule has 0 radical (unpaired) electrons. The number of carbonyl (C=O) groups excluding carboxylic acids is 2. The number of hydrogen-bond acceptors (Lipinski definition) is 7. The van der Waals surface area contributed by atoms with Gasteiger partial charge in [-0.05, 0) is 63.8 Å². The molecule has 1 saturated heterocycles. The van der Waals surface area contributed by atoms with Crippen molar-refractivity contribution in [2.24, 2.45) is 0 Å². The zero-order valence-electron chi connectivity index (χ0n) is 21.4. The number of nitrogens with zero attached hydrogens (tertiary/aromatic N) is 5. The standard InChI is InChI=1S/C27H37N7O2/c1-19(2)32-14-16-33(17-15-32)22-11-9-21(10-12-22)30-27-29-18-20-6-5-13-28-25(35)26(36)34(24(20)31-27)23-7-3-4-8-23/h9-12,18-19,23H,3-8,13-17H2,1-2H3,(H,28,35)(H,29,30,31). The van der Waals surface area contributed by atoms with E-state index in [1.54, 1.807) is 11.1 Å². The molecule has 2 aliphatic heterocycles. The first-order chi connectivity index (χ1) is 17.5. The Labute approximate surface area is 213 Å². The fraction of sp³-hybridized carbons (Fsp3) is 0.556. The maximum atomic E-state index is 13.1. The van der Waals surface area contributed by atoms with Crippen LogP contribution in [0, 0.1) is 0 Å². The highest BCUT2D eigenvalue weighted by atomic mass is 16.2. The summed E-state index contributed by atoms with van der Waals surface area (Å²) in [6, 6.07) is 8.93. The fourth-order valence-corrected chi connectivity index (χ4v) is 5.49. The Bertz CT molecular complexity index is 1070. The van der Waals surface area contributed by atoms with Crippen molar-refractivity contribution in [3.8, 4) is 0 Å². The first kappa shape index (κ1) is 24.5. The van der Waals surface area contributed by atoms with Crippen molar-refractivity contribution in [1.29, 1.82) is 0 Å². The highest BCUT2D eigenvalue weighted by Crippen LogP contribution is 2.31. The summed E-state index contributed by atoms with van der Waals surface area (Å²) in [6.07, 6.45) is 7.15. The highest BCUT2D eigenvalue weighted by Gasteiger charge is 2.35. The van der Waals surface area contributed by atoms with Crippen LogP contribution in [0.3, 0.4) is 0 Å². The molecule has 2 N–H and O–H groups in total. The summed E-state index contributed by atoms with van der Waals surface area (Å²) < 4.78 is 0. The minimum absolute atomic E-state index is 0.00158. The number of anilines is 4. The third-order valence-electron chi connectivity index (χ3n) is 7.61. The van der Waals surface area contributed by atoms with Gasteiger partial charge in [0.25, 0.3) is 0 Å². The normalized spacial score (nSPS) is 20.1. The second-order valence-corrected chi connectivity index (χ2v) is 10.3. The van der Waals surface area contributed by atoms with E-state index in [9.17, 15) is 9.59 Å². The number of nitrogens with one attached hydrogen (secondary N) is 2. The van der Waals surface area contributed by atoms with Gasteiger partial charge in [-0.25, -0.2) is 4.98 Å². The molecule has 3 aliphatic rings. The predicted molar refractivity (Wildman–Crippen MR) is 142 cm³/mol. The lowest BCUT2D eigenvalue weighted by atomic mass is 10.1. The van der Waals surface area contributed by atoms with E-state index < -0.39 is 11.8 Å². The van der Waals surface area contributed by atoms with E-state index in [-0.39, 0.29) is 6.04 Å². The van der Waals surface area contributed by atoms with E-state index in [2.05, 4.69) is 51.4 Å². The Morgan fingerprint density at radius 1 is 1.00 bits per heavy atom. The Kier molecular flexibility index (Phi) is 7.36. The SMILES string of the molecule is CC(C)N1CCN(c2ccc(Nc3ncc4c(n3)N(C3CCCC3)C(=O)C(=O)NCCC4)cc2)CC1. The van der Waals surface area contributed by atoms with Crippen molar-refractivity contribution in [3.05, 3.63) is 36.0 Å². The topological polar surface area (TPSA) is 93.7 Å². The number of aromatic nitrogens is 2. The quantitative estimate of drug-likeness (QED) is 0.621. The van der Waals surface area contributed by atoms with Crippen molar-refractivity contribution in [2.75, 3.05) is 47.8 Å². The van der Waals surface area contributed by atoms with Gasteiger partial charge in [-0.3, -0.25) is 19.4 Å². The van der Waals surface area contributed by atoms with Crippen LogP contribution in [0.4, 0.5) is 23.1 Å². The van der Waals surface area contributed by atoms with Gasteiger partial charge in [0.15, 0.2) is 0 Å². The molecular formula is C27H37N7O2. The summed E-state index contributed by atoms with van der Waals surface area (Å²) >= 11 is 0. The number of amides is 2. The molecule has 2 amide bonds. The second-order valence-electron chi connectivity index (χ2n) is 10.3. The van der Waals surface area contributed by atoms with Crippen molar-refractivity contribution >= 4 is 35.0 Å². The van der Waals surface area contributed by atoms with Crippen LogP contribution in [0.15, 0.2) is 30.5 Å². The smallest absolute Gasteiger partial charge is 0.317 e. The lowest BCUT2D eigenvalue weighted by molar-refractivity contribution is -0.137. The van der Waals surface area contributed by atoms with Crippen molar-refractivity contribution in [1.82, 2.24) is 20.2 Å². The molecule has 2 aromatic rings. The molecule has 1 aromatic carbocycles. The summed E-state index contributed by atoms with van der Waals surface area (Å²) in [5.41, 5.74) is 3.01. The van der Waals surface area contributed by atoms with Gasteiger partial charge in [-0.15, -0.1) is 0 Å². The molecule has 0 bridgehead atoms. The summed E-state index contributed by atoms with van der Waals surface area (Å²) in [5, 5.41) is 6.06. The van der Waals surface area contributed by atoms with Crippen LogP contribution in [-0.2, 0) is 16.0 Å². The first-order valence-corrected chi connectivity index (χ1v) is 13.3. The maximum absolute atomic E-state index is 13.1. The molecule has 9 heteroatoms. The molecule has 3 heterocycles. The molecule has 0 unspecified atom stereocenters. The average molecular weight is 492 g/mol. The van der Waals surface area contributed by atoms with Crippen LogP contribution < -0.4 is 20.4 Å². The fourth-order valence-electron chi connectivity index (χ4n) is 5.49. The number of fused-ring (bicyclic) bond motifs is 1. The molecule has 1 aromatic heterocycles. The van der Waals surface area contributed by atoms with Crippen LogP contribution in [0.25, 0.3) is 0 Å². The molecule has 5 rings (SSSR count). The second kappa shape index (κ2) is 10.8. The molecule has 192 valence electrons. The summed E-state index contributed by atoms with van der Waals surface area (Å²) in [6.45, 7) is 9.18. The van der Waals surface area contributed by atoms with Gasteiger partial charge in [0, 0.05) is 67.9 Å². The minimum Gasteiger partial charge on any atom is -0.369 e. The van der Waals surface area contributed by atoms with Gasteiger partial charge in [-0.2, -0.15) is 4.98 Å². The summed E-state index contributed by atoms with van der Waals surface area (Å²) in [5.74, 6) is -0.0621. The predicted octanol–water partition coefficient (Wildman–Crippen LogP) is 3.09. The number of rotatable bonds is 5. The van der Waals surface area contributed by atoms with Crippen LogP contribution in [0.1, 0.15) is 51.5 Å². The molecule has 0 atom stereocenters. The van der Waals surface area contributed by atoms with E-state index in [0.29, 0.717) is 30.8 Å². The van der Waals surface area contributed by atoms with Crippen molar-refractivity contribution in [3.63, 3.8) is 0 Å². The number of piperazine rings is 1. The van der Waals surface area contributed by atoms with Gasteiger partial charge >= 0.3 is 11.8 Å².